The van der Waals surface area contributed by atoms with Crippen LogP contribution in [0.3, 0.4) is 0 Å². The molecule has 0 aromatic carbocycles. The van der Waals surface area contributed by atoms with Gasteiger partial charge in [0.1, 0.15) is 18.0 Å². The number of hydrogen-bond acceptors (Lipinski definition) is 7. The van der Waals surface area contributed by atoms with Crippen molar-refractivity contribution in [1.82, 2.24) is 25.1 Å². The van der Waals surface area contributed by atoms with Crippen LogP contribution in [-0.4, -0.2) is 56.5 Å². The summed E-state index contributed by atoms with van der Waals surface area (Å²) in [6, 6.07) is 3.71. The molecule has 2 aromatic rings. The lowest BCUT2D eigenvalue weighted by molar-refractivity contribution is -0.204. The summed E-state index contributed by atoms with van der Waals surface area (Å²) < 4.78 is 43.0. The normalized spacial score (nSPS) is 21.7. The molecule has 2 atom stereocenters. The topological polar surface area (TPSA) is 120 Å². The zero-order valence-electron chi connectivity index (χ0n) is 15.7. The number of likely N-dealkylation sites (tertiary alicyclic amines) is 1. The smallest absolute Gasteiger partial charge is 0.410 e. The van der Waals surface area contributed by atoms with Crippen molar-refractivity contribution in [2.45, 2.75) is 37.5 Å². The van der Waals surface area contributed by atoms with Gasteiger partial charge in [-0.05, 0) is 19.3 Å². The number of H-pyrrole nitrogens is 1. The number of aromatic nitrogens is 4. The summed E-state index contributed by atoms with van der Waals surface area (Å²) in [6.45, 7) is -0.682. The molecule has 2 fully saturated rings. The van der Waals surface area contributed by atoms with Crippen molar-refractivity contribution in [3.63, 3.8) is 0 Å². The lowest BCUT2D eigenvalue weighted by Gasteiger charge is -2.39. The number of nitriles is 1. The Labute approximate surface area is 169 Å². The van der Waals surface area contributed by atoms with Crippen LogP contribution >= 0.6 is 0 Å². The fraction of sp³-hybridized carbons (Fsp3) is 0.500. The Morgan fingerprint density at radius 3 is 2.73 bits per heavy atom. The van der Waals surface area contributed by atoms with Crippen LogP contribution in [0.15, 0.2) is 18.5 Å². The van der Waals surface area contributed by atoms with E-state index in [0.717, 1.165) is 17.0 Å². The van der Waals surface area contributed by atoms with E-state index in [1.165, 1.54) is 12.4 Å². The average Bonchev–Trinajstić information content (AvgIpc) is 3.29. The predicted octanol–water partition coefficient (Wildman–Crippen LogP) is 3.08. The Morgan fingerprint density at radius 2 is 2.07 bits per heavy atom. The van der Waals surface area contributed by atoms with E-state index < -0.39 is 18.2 Å². The number of nitrogens with one attached hydrogen (secondary N) is 2. The monoisotopic (exact) mass is 421 g/mol. The summed E-state index contributed by atoms with van der Waals surface area (Å²) in [5.41, 5.74) is 1.07. The molecule has 1 amide bonds. The second-order valence-corrected chi connectivity index (χ2v) is 7.39. The van der Waals surface area contributed by atoms with Gasteiger partial charge in [0.25, 0.3) is 0 Å². The minimum absolute atomic E-state index is 0.0946. The van der Waals surface area contributed by atoms with E-state index in [-0.39, 0.29) is 30.8 Å². The Hall–Kier alpha value is -3.36. The van der Waals surface area contributed by atoms with Gasteiger partial charge in [-0.3, -0.25) is 5.10 Å². The quantitative estimate of drug-likeness (QED) is 0.778. The van der Waals surface area contributed by atoms with Gasteiger partial charge >= 0.3 is 12.3 Å². The maximum Gasteiger partial charge on any atom is 0.410 e. The van der Waals surface area contributed by atoms with E-state index in [1.807, 2.05) is 12.1 Å². The molecule has 2 aromatic heterocycles. The van der Waals surface area contributed by atoms with E-state index in [9.17, 15) is 18.0 Å². The van der Waals surface area contributed by atoms with Gasteiger partial charge in [-0.15, -0.1) is 0 Å². The van der Waals surface area contributed by atoms with Gasteiger partial charge in [0, 0.05) is 30.8 Å². The third kappa shape index (κ3) is 4.29. The molecule has 0 unspecified atom stereocenters. The van der Waals surface area contributed by atoms with Gasteiger partial charge in [0.05, 0.1) is 18.3 Å². The highest BCUT2D eigenvalue weighted by molar-refractivity contribution is 5.69. The molecule has 0 radical (unpaired) electrons. The highest BCUT2D eigenvalue weighted by Gasteiger charge is 2.49. The van der Waals surface area contributed by atoms with Gasteiger partial charge in [-0.25, -0.2) is 14.8 Å². The molecule has 0 bridgehead atoms. The van der Waals surface area contributed by atoms with Gasteiger partial charge in [-0.2, -0.15) is 23.5 Å². The van der Waals surface area contributed by atoms with Crippen LogP contribution in [0.25, 0.3) is 0 Å². The highest BCUT2D eigenvalue weighted by atomic mass is 19.4. The molecule has 2 N–H and O–H groups in total. The number of anilines is 2. The zero-order valence-corrected chi connectivity index (χ0v) is 15.7. The Kier molecular flexibility index (Phi) is 5.19. The second-order valence-electron chi connectivity index (χ2n) is 7.39. The van der Waals surface area contributed by atoms with Crippen LogP contribution in [0.1, 0.15) is 36.6 Å². The maximum absolute atomic E-state index is 12.5. The second kappa shape index (κ2) is 7.81. The summed E-state index contributed by atoms with van der Waals surface area (Å²) in [7, 11) is 0. The number of carbonyl (C=O) groups excluding carboxylic acids is 1. The molecule has 1 aliphatic heterocycles. The van der Waals surface area contributed by atoms with Crippen molar-refractivity contribution in [2.75, 3.05) is 18.4 Å². The van der Waals surface area contributed by atoms with Crippen LogP contribution < -0.4 is 5.32 Å². The third-order valence-corrected chi connectivity index (χ3v) is 5.31. The average molecular weight is 421 g/mol. The Morgan fingerprint density at radius 1 is 1.27 bits per heavy atom. The molecule has 4 rings (SSSR count). The van der Waals surface area contributed by atoms with E-state index in [4.69, 9.17) is 10.00 Å². The number of halogens is 3. The Balaban J connectivity index is 1.27. The minimum atomic E-state index is -4.27. The fourth-order valence-electron chi connectivity index (χ4n) is 3.57. The van der Waals surface area contributed by atoms with E-state index >= 15 is 0 Å². The van der Waals surface area contributed by atoms with E-state index in [2.05, 4.69) is 25.5 Å². The van der Waals surface area contributed by atoms with Crippen molar-refractivity contribution < 1.29 is 22.7 Å². The molecule has 1 saturated heterocycles. The van der Waals surface area contributed by atoms with Crippen molar-refractivity contribution in [1.29, 1.82) is 5.26 Å². The molecular weight excluding hydrogens is 403 g/mol. The third-order valence-electron chi connectivity index (χ3n) is 5.31. The summed E-state index contributed by atoms with van der Waals surface area (Å²) in [5.74, 6) is -0.393. The highest BCUT2D eigenvalue weighted by Crippen LogP contribution is 2.38. The molecule has 3 heterocycles. The first-order chi connectivity index (χ1) is 14.3. The number of hydrogen-bond donors (Lipinski definition) is 2. The van der Waals surface area contributed by atoms with Gasteiger partial charge < -0.3 is 15.0 Å². The van der Waals surface area contributed by atoms with Crippen LogP contribution in [0.4, 0.5) is 29.6 Å². The van der Waals surface area contributed by atoms with Gasteiger partial charge in [0.2, 0.25) is 0 Å². The molecule has 158 valence electrons. The van der Waals surface area contributed by atoms with Gasteiger partial charge in [-0.1, -0.05) is 0 Å². The number of nitrogens with zero attached hydrogens (tertiary/aromatic N) is 5. The minimum Gasteiger partial charge on any atom is -0.446 e. The number of carbonyl (C=O) groups is 1. The van der Waals surface area contributed by atoms with Crippen LogP contribution in [0, 0.1) is 17.2 Å². The molecule has 30 heavy (non-hydrogen) atoms. The number of alkyl halides is 3. The number of rotatable bonds is 4. The van der Waals surface area contributed by atoms with Crippen LogP contribution in [0.5, 0.6) is 0 Å². The van der Waals surface area contributed by atoms with E-state index in [0.29, 0.717) is 24.5 Å². The SMILES string of the molecule is N#Cc1cnc(Nc2cc([C@H]3CC[C@@H](OC(=O)N4CC(C(F)(F)F)C4)C3)[nH]n2)cn1. The number of ether oxygens (including phenoxy) is 1. The summed E-state index contributed by atoms with van der Waals surface area (Å²) in [4.78, 5) is 21.1. The van der Waals surface area contributed by atoms with Crippen molar-refractivity contribution >= 4 is 17.7 Å². The Bertz CT molecular complexity index is 948. The largest absolute Gasteiger partial charge is 0.446 e. The molecule has 12 heteroatoms. The first kappa shape index (κ1) is 19.9. The molecule has 1 aliphatic carbocycles. The first-order valence-electron chi connectivity index (χ1n) is 9.38. The molecule has 0 spiro atoms. The van der Waals surface area contributed by atoms with Crippen LogP contribution in [-0.2, 0) is 4.74 Å². The van der Waals surface area contributed by atoms with Gasteiger partial charge in [0.15, 0.2) is 11.5 Å². The molecular formula is C18H18F3N7O2. The summed E-state index contributed by atoms with van der Waals surface area (Å²) in [5, 5.41) is 18.8. The first-order valence-corrected chi connectivity index (χ1v) is 9.38. The molecule has 2 aliphatic rings. The lowest BCUT2D eigenvalue weighted by Crippen LogP contribution is -2.56. The standard InChI is InChI=1S/C18H18F3N7O2/c19-18(20,21)11-8-28(9-11)17(29)30-13-2-1-10(3-13)14-4-15(27-26-14)25-16-7-23-12(5-22)6-24-16/h4,6-7,10-11,13H,1-3,8-9H2,(H2,24,25,26,27)/t10-,13+/m0/s1. The van der Waals surface area contributed by atoms with Crippen LogP contribution in [0.2, 0.25) is 0 Å². The lowest BCUT2D eigenvalue weighted by atomic mass is 10.0. The van der Waals surface area contributed by atoms with E-state index in [1.54, 1.807) is 0 Å². The zero-order chi connectivity index (χ0) is 21.3. The number of aromatic amines is 1. The van der Waals surface area contributed by atoms with Crippen molar-refractivity contribution in [3.05, 3.63) is 29.8 Å². The maximum atomic E-state index is 12.5. The number of amides is 1. The fourth-order valence-corrected chi connectivity index (χ4v) is 3.57. The molecule has 9 nitrogen and oxygen atoms in total. The van der Waals surface area contributed by atoms with Crippen molar-refractivity contribution in [3.8, 4) is 6.07 Å². The summed E-state index contributed by atoms with van der Waals surface area (Å²) in [6.07, 6.45) is -0.551. The molecule has 1 saturated carbocycles. The van der Waals surface area contributed by atoms with Crippen molar-refractivity contribution in [2.24, 2.45) is 5.92 Å². The predicted molar refractivity (Wildman–Crippen MR) is 96.6 cm³/mol. The summed E-state index contributed by atoms with van der Waals surface area (Å²) >= 11 is 0.